The normalized spacial score (nSPS) is 26.6. The van der Waals surface area contributed by atoms with E-state index in [1.165, 1.54) is 0 Å². The minimum Gasteiger partial charge on any atom is -0.480 e. The maximum atomic E-state index is 12.5. The number of piperazine rings is 1. The summed E-state index contributed by atoms with van der Waals surface area (Å²) in [6.45, 7) is 1.66. The lowest BCUT2D eigenvalue weighted by Crippen LogP contribution is -2.60. The Kier molecular flexibility index (Phi) is 3.90. The number of rotatable bonds is 2. The number of aliphatic carboxylic acids is 1. The standard InChI is InChI=1S/C15H19N3O3/c19-14-12(18-8-7-16-9-13(18)15(20)21)6-5-10-3-1-2-4-11(10)17-14/h1-4,12-13,16H,5-9H2,(H,17,19)(H,20,21). The van der Waals surface area contributed by atoms with Gasteiger partial charge in [0, 0.05) is 25.3 Å². The molecule has 0 bridgehead atoms. The highest BCUT2D eigenvalue weighted by Gasteiger charge is 2.37. The van der Waals surface area contributed by atoms with Crippen LogP contribution in [0.25, 0.3) is 0 Å². The molecule has 2 aliphatic heterocycles. The topological polar surface area (TPSA) is 81.7 Å². The van der Waals surface area contributed by atoms with E-state index in [1.807, 2.05) is 29.2 Å². The van der Waals surface area contributed by atoms with Crippen LogP contribution in [0, 0.1) is 0 Å². The van der Waals surface area contributed by atoms with E-state index < -0.39 is 12.0 Å². The number of para-hydroxylation sites is 1. The first-order valence-corrected chi connectivity index (χ1v) is 7.25. The second-order valence-corrected chi connectivity index (χ2v) is 5.50. The molecule has 1 saturated heterocycles. The van der Waals surface area contributed by atoms with Crippen LogP contribution in [-0.2, 0) is 16.0 Å². The third-order valence-corrected chi connectivity index (χ3v) is 4.24. The second kappa shape index (κ2) is 5.83. The van der Waals surface area contributed by atoms with Crippen LogP contribution in [0.5, 0.6) is 0 Å². The highest BCUT2D eigenvalue weighted by atomic mass is 16.4. The first-order chi connectivity index (χ1) is 10.2. The Bertz CT molecular complexity index is 561. The van der Waals surface area contributed by atoms with Crippen LogP contribution in [0.15, 0.2) is 24.3 Å². The number of aryl methyl sites for hydroxylation is 1. The van der Waals surface area contributed by atoms with Crippen LogP contribution in [0.3, 0.4) is 0 Å². The number of carbonyl (C=O) groups excluding carboxylic acids is 1. The van der Waals surface area contributed by atoms with Crippen molar-refractivity contribution in [3.8, 4) is 0 Å². The number of carboxylic acids is 1. The summed E-state index contributed by atoms with van der Waals surface area (Å²) in [5.74, 6) is -0.982. The fourth-order valence-corrected chi connectivity index (χ4v) is 3.14. The molecule has 1 aromatic rings. The number of hydrogen-bond donors (Lipinski definition) is 3. The molecule has 6 nitrogen and oxygen atoms in total. The number of hydrogen-bond acceptors (Lipinski definition) is 4. The summed E-state index contributed by atoms with van der Waals surface area (Å²) in [7, 11) is 0. The molecule has 1 aromatic carbocycles. The zero-order valence-corrected chi connectivity index (χ0v) is 11.7. The Hall–Kier alpha value is -1.92. The summed E-state index contributed by atoms with van der Waals surface area (Å²) in [5.41, 5.74) is 1.95. The van der Waals surface area contributed by atoms with Crippen molar-refractivity contribution < 1.29 is 14.7 Å². The monoisotopic (exact) mass is 289 g/mol. The predicted octanol–water partition coefficient (Wildman–Crippen LogP) is 0.298. The summed E-state index contributed by atoms with van der Waals surface area (Å²) in [6, 6.07) is 6.71. The van der Waals surface area contributed by atoms with Gasteiger partial charge in [-0.25, -0.2) is 0 Å². The van der Waals surface area contributed by atoms with Gasteiger partial charge in [0.1, 0.15) is 6.04 Å². The van der Waals surface area contributed by atoms with E-state index in [0.29, 0.717) is 26.1 Å². The molecular weight excluding hydrogens is 270 g/mol. The Labute approximate surface area is 123 Å². The van der Waals surface area contributed by atoms with Crippen LogP contribution >= 0.6 is 0 Å². The van der Waals surface area contributed by atoms with Crippen LogP contribution in [0.2, 0.25) is 0 Å². The third kappa shape index (κ3) is 2.77. The Morgan fingerprint density at radius 3 is 2.95 bits per heavy atom. The number of fused-ring (bicyclic) bond motifs is 1. The van der Waals surface area contributed by atoms with E-state index in [1.54, 1.807) is 0 Å². The molecule has 21 heavy (non-hydrogen) atoms. The summed E-state index contributed by atoms with van der Waals surface area (Å²) in [5, 5.41) is 15.4. The Morgan fingerprint density at radius 1 is 1.33 bits per heavy atom. The number of nitrogens with zero attached hydrogens (tertiary/aromatic N) is 1. The highest BCUT2D eigenvalue weighted by molar-refractivity contribution is 5.96. The molecule has 3 rings (SSSR count). The first-order valence-electron chi connectivity index (χ1n) is 7.25. The van der Waals surface area contributed by atoms with Crippen molar-refractivity contribution in [2.45, 2.75) is 24.9 Å². The highest BCUT2D eigenvalue weighted by Crippen LogP contribution is 2.25. The fourth-order valence-electron chi connectivity index (χ4n) is 3.14. The van der Waals surface area contributed by atoms with Gasteiger partial charge in [0.15, 0.2) is 0 Å². The molecule has 2 atom stereocenters. The quantitative estimate of drug-likeness (QED) is 0.729. The van der Waals surface area contributed by atoms with Crippen molar-refractivity contribution >= 4 is 17.6 Å². The van der Waals surface area contributed by atoms with Crippen LogP contribution in [0.4, 0.5) is 5.69 Å². The van der Waals surface area contributed by atoms with Crippen molar-refractivity contribution in [3.05, 3.63) is 29.8 Å². The molecule has 6 heteroatoms. The summed E-state index contributed by atoms with van der Waals surface area (Å²) >= 11 is 0. The van der Waals surface area contributed by atoms with Crippen LogP contribution in [0.1, 0.15) is 12.0 Å². The van der Waals surface area contributed by atoms with Gasteiger partial charge in [-0.1, -0.05) is 18.2 Å². The van der Waals surface area contributed by atoms with Gasteiger partial charge in [0.05, 0.1) is 6.04 Å². The van der Waals surface area contributed by atoms with Gasteiger partial charge in [-0.3, -0.25) is 14.5 Å². The van der Waals surface area contributed by atoms with Crippen LogP contribution in [-0.4, -0.2) is 53.6 Å². The minimum absolute atomic E-state index is 0.104. The van der Waals surface area contributed by atoms with E-state index in [9.17, 15) is 14.7 Å². The molecule has 2 heterocycles. The van der Waals surface area contributed by atoms with E-state index >= 15 is 0 Å². The largest absolute Gasteiger partial charge is 0.480 e. The molecular formula is C15H19N3O3. The molecule has 2 unspecified atom stereocenters. The average molecular weight is 289 g/mol. The molecule has 112 valence electrons. The predicted molar refractivity (Wildman–Crippen MR) is 78.2 cm³/mol. The van der Waals surface area contributed by atoms with Gasteiger partial charge in [-0.2, -0.15) is 0 Å². The maximum Gasteiger partial charge on any atom is 0.322 e. The molecule has 1 amide bonds. The molecule has 0 aliphatic carbocycles. The molecule has 2 aliphatic rings. The van der Waals surface area contributed by atoms with Gasteiger partial charge < -0.3 is 15.7 Å². The second-order valence-electron chi connectivity index (χ2n) is 5.50. The fraction of sp³-hybridized carbons (Fsp3) is 0.467. The van der Waals surface area contributed by atoms with E-state index in [-0.39, 0.29) is 11.9 Å². The van der Waals surface area contributed by atoms with Crippen molar-refractivity contribution in [2.75, 3.05) is 25.0 Å². The molecule has 0 aromatic heterocycles. The number of nitrogens with one attached hydrogen (secondary N) is 2. The van der Waals surface area contributed by atoms with E-state index in [4.69, 9.17) is 0 Å². The summed E-state index contributed by atoms with van der Waals surface area (Å²) < 4.78 is 0. The van der Waals surface area contributed by atoms with Crippen molar-refractivity contribution in [1.29, 1.82) is 0 Å². The lowest BCUT2D eigenvalue weighted by atomic mass is 10.0. The summed E-state index contributed by atoms with van der Waals surface area (Å²) in [6.07, 6.45) is 1.42. The van der Waals surface area contributed by atoms with Crippen molar-refractivity contribution in [2.24, 2.45) is 0 Å². The minimum atomic E-state index is -0.878. The first kappa shape index (κ1) is 14.0. The van der Waals surface area contributed by atoms with Gasteiger partial charge in [-0.15, -0.1) is 0 Å². The molecule has 1 fully saturated rings. The molecule has 0 radical (unpaired) electrons. The average Bonchev–Trinajstić information content (AvgIpc) is 2.65. The zero-order valence-electron chi connectivity index (χ0n) is 11.7. The number of anilines is 1. The molecule has 0 spiro atoms. The number of benzene rings is 1. The summed E-state index contributed by atoms with van der Waals surface area (Å²) in [4.78, 5) is 25.7. The van der Waals surface area contributed by atoms with E-state index in [0.717, 1.165) is 17.7 Å². The van der Waals surface area contributed by atoms with Gasteiger partial charge in [0.2, 0.25) is 5.91 Å². The van der Waals surface area contributed by atoms with Crippen LogP contribution < -0.4 is 10.6 Å². The zero-order chi connectivity index (χ0) is 14.8. The Morgan fingerprint density at radius 2 is 2.14 bits per heavy atom. The van der Waals surface area contributed by atoms with E-state index in [2.05, 4.69) is 10.6 Å². The molecule has 0 saturated carbocycles. The maximum absolute atomic E-state index is 12.5. The Balaban J connectivity index is 1.83. The van der Waals surface area contributed by atoms with Gasteiger partial charge in [-0.05, 0) is 24.5 Å². The smallest absolute Gasteiger partial charge is 0.322 e. The number of amides is 1. The SMILES string of the molecule is O=C(O)C1CNCCN1C1CCc2ccccc2NC1=O. The van der Waals surface area contributed by atoms with Crippen molar-refractivity contribution in [1.82, 2.24) is 10.2 Å². The van der Waals surface area contributed by atoms with Crippen molar-refractivity contribution in [3.63, 3.8) is 0 Å². The van der Waals surface area contributed by atoms with Gasteiger partial charge in [0.25, 0.3) is 0 Å². The number of carboxylic acid groups (broad SMARTS) is 1. The lowest BCUT2D eigenvalue weighted by molar-refractivity contribution is -0.146. The lowest BCUT2D eigenvalue weighted by Gasteiger charge is -2.38. The van der Waals surface area contributed by atoms with Gasteiger partial charge >= 0.3 is 5.97 Å². The molecule has 3 N–H and O–H groups in total. The number of carbonyl (C=O) groups is 2. The third-order valence-electron chi connectivity index (χ3n) is 4.24.